The zero-order valence-corrected chi connectivity index (χ0v) is 14.2. The van der Waals surface area contributed by atoms with Crippen molar-refractivity contribution in [3.8, 4) is 11.3 Å². The van der Waals surface area contributed by atoms with Crippen LogP contribution in [0.1, 0.15) is 20.8 Å². The van der Waals surface area contributed by atoms with Crippen LogP contribution in [0, 0.1) is 0 Å². The number of carbonyl (C=O) groups excluding carboxylic acids is 1. The number of allylic oxidation sites excluding steroid dienone is 1. The minimum absolute atomic E-state index is 0.128. The summed E-state index contributed by atoms with van der Waals surface area (Å²) in [6.45, 7) is 5.63. The standard InChI is InChI=1S/C21H21NO2/c1-15(2)24-21(23)13-16(3)22-19-12-8-7-11-18(19)14-20(22)17-9-5-4-6-10-17/h4-15H,1-3H3/b16-13-. The SMILES string of the molecule is C/C(=C/C(=O)OC(C)C)n1c(-c2ccccc2)cc2ccccc21. The number of aromatic nitrogens is 1. The van der Waals surface area contributed by atoms with E-state index in [-0.39, 0.29) is 12.1 Å². The van der Waals surface area contributed by atoms with Crippen LogP contribution in [-0.2, 0) is 9.53 Å². The third kappa shape index (κ3) is 3.25. The van der Waals surface area contributed by atoms with Gasteiger partial charge >= 0.3 is 5.97 Å². The molecule has 0 saturated heterocycles. The molecule has 0 radical (unpaired) electrons. The summed E-state index contributed by atoms with van der Waals surface area (Å²) >= 11 is 0. The Morgan fingerprint density at radius 1 is 1.04 bits per heavy atom. The molecule has 122 valence electrons. The molecule has 0 aliphatic rings. The fourth-order valence-electron chi connectivity index (χ4n) is 2.86. The largest absolute Gasteiger partial charge is 0.460 e. The fraction of sp³-hybridized carbons (Fsp3) is 0.190. The van der Waals surface area contributed by atoms with Gasteiger partial charge in [0.25, 0.3) is 0 Å². The third-order valence-electron chi connectivity index (χ3n) is 3.81. The zero-order chi connectivity index (χ0) is 17.1. The molecular formula is C21H21NO2. The highest BCUT2D eigenvalue weighted by molar-refractivity contribution is 5.94. The first kappa shape index (κ1) is 16.1. The second kappa shape index (κ2) is 6.75. The second-order valence-corrected chi connectivity index (χ2v) is 6.06. The molecule has 0 bridgehead atoms. The maximum absolute atomic E-state index is 12.0. The molecule has 0 unspecified atom stereocenters. The number of hydrogen-bond donors (Lipinski definition) is 0. The molecule has 0 fully saturated rings. The number of para-hydroxylation sites is 1. The first-order chi connectivity index (χ1) is 11.6. The number of nitrogens with zero attached hydrogens (tertiary/aromatic N) is 1. The Labute approximate surface area is 142 Å². The molecular weight excluding hydrogens is 298 g/mol. The van der Waals surface area contributed by atoms with Crippen molar-refractivity contribution in [1.29, 1.82) is 0 Å². The Morgan fingerprint density at radius 3 is 2.42 bits per heavy atom. The van der Waals surface area contributed by atoms with Crippen molar-refractivity contribution in [3.05, 3.63) is 66.7 Å². The maximum atomic E-state index is 12.0. The summed E-state index contributed by atoms with van der Waals surface area (Å²) in [5, 5.41) is 1.14. The second-order valence-electron chi connectivity index (χ2n) is 6.06. The van der Waals surface area contributed by atoms with E-state index in [2.05, 4.69) is 34.9 Å². The molecule has 0 aliphatic carbocycles. The van der Waals surface area contributed by atoms with Crippen molar-refractivity contribution in [2.45, 2.75) is 26.9 Å². The lowest BCUT2D eigenvalue weighted by atomic mass is 10.1. The van der Waals surface area contributed by atoms with Crippen LogP contribution in [0.2, 0.25) is 0 Å². The highest BCUT2D eigenvalue weighted by Crippen LogP contribution is 2.31. The van der Waals surface area contributed by atoms with Gasteiger partial charge in [-0.3, -0.25) is 0 Å². The van der Waals surface area contributed by atoms with Crippen molar-refractivity contribution in [2.75, 3.05) is 0 Å². The van der Waals surface area contributed by atoms with Gasteiger partial charge in [0.2, 0.25) is 0 Å². The van der Waals surface area contributed by atoms with E-state index >= 15 is 0 Å². The summed E-state index contributed by atoms with van der Waals surface area (Å²) < 4.78 is 7.35. The first-order valence-electron chi connectivity index (χ1n) is 8.11. The van der Waals surface area contributed by atoms with Gasteiger partial charge < -0.3 is 9.30 Å². The molecule has 3 aromatic rings. The van der Waals surface area contributed by atoms with Crippen LogP contribution in [0.15, 0.2) is 66.7 Å². The minimum Gasteiger partial charge on any atom is -0.460 e. The zero-order valence-electron chi connectivity index (χ0n) is 14.2. The summed E-state index contributed by atoms with van der Waals surface area (Å²) in [5.74, 6) is -0.320. The molecule has 0 amide bonds. The van der Waals surface area contributed by atoms with Gasteiger partial charge in [-0.05, 0) is 38.5 Å². The number of carbonyl (C=O) groups is 1. The Kier molecular flexibility index (Phi) is 4.52. The van der Waals surface area contributed by atoms with Gasteiger partial charge in [0, 0.05) is 17.2 Å². The fourth-order valence-corrected chi connectivity index (χ4v) is 2.86. The third-order valence-corrected chi connectivity index (χ3v) is 3.81. The van der Waals surface area contributed by atoms with Gasteiger partial charge in [-0.25, -0.2) is 4.79 Å². The summed E-state index contributed by atoms with van der Waals surface area (Å²) in [7, 11) is 0. The molecule has 0 atom stereocenters. The van der Waals surface area contributed by atoms with E-state index < -0.39 is 0 Å². The summed E-state index contributed by atoms with van der Waals surface area (Å²) in [6, 6.07) is 20.5. The quantitative estimate of drug-likeness (QED) is 0.493. The van der Waals surface area contributed by atoms with E-state index in [1.165, 1.54) is 0 Å². The highest BCUT2D eigenvalue weighted by Gasteiger charge is 2.13. The van der Waals surface area contributed by atoms with E-state index in [0.717, 1.165) is 27.9 Å². The van der Waals surface area contributed by atoms with Gasteiger partial charge in [0.1, 0.15) is 0 Å². The minimum atomic E-state index is -0.320. The molecule has 0 N–H and O–H groups in total. The van der Waals surface area contributed by atoms with Crippen LogP contribution < -0.4 is 0 Å². The monoisotopic (exact) mass is 319 g/mol. The Balaban J connectivity index is 2.15. The predicted octanol–water partition coefficient (Wildman–Crippen LogP) is 5.12. The lowest BCUT2D eigenvalue weighted by molar-refractivity contribution is -0.141. The van der Waals surface area contributed by atoms with Gasteiger partial charge in [-0.1, -0.05) is 48.5 Å². The molecule has 1 aromatic heterocycles. The molecule has 3 heteroatoms. The summed E-state index contributed by atoms with van der Waals surface area (Å²) in [4.78, 5) is 12.0. The van der Waals surface area contributed by atoms with Crippen LogP contribution in [0.25, 0.3) is 27.9 Å². The molecule has 1 heterocycles. The predicted molar refractivity (Wildman–Crippen MR) is 98.5 cm³/mol. The topological polar surface area (TPSA) is 31.2 Å². The van der Waals surface area contributed by atoms with Crippen molar-refractivity contribution < 1.29 is 9.53 Å². The lowest BCUT2D eigenvalue weighted by Crippen LogP contribution is -2.10. The number of rotatable bonds is 4. The van der Waals surface area contributed by atoms with Gasteiger partial charge in [-0.15, -0.1) is 0 Å². The molecule has 3 rings (SSSR count). The number of esters is 1. The summed E-state index contributed by atoms with van der Waals surface area (Å²) in [6.07, 6.45) is 1.43. The van der Waals surface area contributed by atoms with E-state index in [4.69, 9.17) is 4.74 Å². The smallest absolute Gasteiger partial charge is 0.332 e. The number of hydrogen-bond acceptors (Lipinski definition) is 2. The van der Waals surface area contributed by atoms with E-state index in [1.807, 2.05) is 51.1 Å². The van der Waals surface area contributed by atoms with Crippen molar-refractivity contribution >= 4 is 22.6 Å². The Morgan fingerprint density at radius 2 is 1.71 bits per heavy atom. The van der Waals surface area contributed by atoms with Crippen LogP contribution in [-0.4, -0.2) is 16.6 Å². The average Bonchev–Trinajstić information content (AvgIpc) is 2.94. The summed E-state index contributed by atoms with van der Waals surface area (Å²) in [5.41, 5.74) is 4.07. The Hall–Kier alpha value is -2.81. The van der Waals surface area contributed by atoms with Crippen molar-refractivity contribution in [1.82, 2.24) is 4.57 Å². The first-order valence-corrected chi connectivity index (χ1v) is 8.11. The normalized spacial score (nSPS) is 11.9. The van der Waals surface area contributed by atoms with Crippen LogP contribution in [0.3, 0.4) is 0 Å². The number of ether oxygens (including phenoxy) is 1. The maximum Gasteiger partial charge on any atom is 0.332 e. The van der Waals surface area contributed by atoms with E-state index in [0.29, 0.717) is 0 Å². The van der Waals surface area contributed by atoms with Crippen LogP contribution >= 0.6 is 0 Å². The molecule has 0 spiro atoms. The highest BCUT2D eigenvalue weighted by atomic mass is 16.5. The van der Waals surface area contributed by atoms with Crippen molar-refractivity contribution in [2.24, 2.45) is 0 Å². The molecule has 3 nitrogen and oxygen atoms in total. The van der Waals surface area contributed by atoms with E-state index in [9.17, 15) is 4.79 Å². The van der Waals surface area contributed by atoms with E-state index in [1.54, 1.807) is 6.08 Å². The van der Waals surface area contributed by atoms with Gasteiger partial charge in [0.15, 0.2) is 0 Å². The number of benzene rings is 2. The molecule has 0 aliphatic heterocycles. The molecule has 2 aromatic carbocycles. The molecule has 0 saturated carbocycles. The van der Waals surface area contributed by atoms with Gasteiger partial charge in [-0.2, -0.15) is 0 Å². The molecule has 24 heavy (non-hydrogen) atoms. The van der Waals surface area contributed by atoms with Gasteiger partial charge in [0.05, 0.1) is 17.3 Å². The van der Waals surface area contributed by atoms with Crippen LogP contribution in [0.4, 0.5) is 0 Å². The van der Waals surface area contributed by atoms with Crippen LogP contribution in [0.5, 0.6) is 0 Å². The van der Waals surface area contributed by atoms with Crippen molar-refractivity contribution in [3.63, 3.8) is 0 Å². The Bertz CT molecular complexity index is 889. The average molecular weight is 319 g/mol. The lowest BCUT2D eigenvalue weighted by Gasteiger charge is -2.12. The number of fused-ring (bicyclic) bond motifs is 1.